The number of anilines is 1. The maximum atomic E-state index is 13.8. The highest BCUT2D eigenvalue weighted by Gasteiger charge is 2.60. The number of hydrogen-bond acceptors (Lipinski definition) is 12. The Morgan fingerprint density at radius 1 is 1.10 bits per heavy atom. The molecule has 16 heteroatoms. The van der Waals surface area contributed by atoms with Crippen LogP contribution in [0.15, 0.2) is 18.5 Å². The zero-order chi connectivity index (χ0) is 37.7. The van der Waals surface area contributed by atoms with Gasteiger partial charge in [-0.2, -0.15) is 10.4 Å². The SMILES string of the molecule is CC(C)NC(=O)Nc1ncnn2c([C@]3(C#N)O[C@H](COC(=O)CC4CCCCC4)[C@@H](OC(=O)[C@@H](NC(=O)OC(C)(C)C)C(C)(C)C)[C@H]3O)ccc12. The summed E-state index contributed by atoms with van der Waals surface area (Å²) in [6.07, 6.45) is 0.892. The molecule has 1 aliphatic carbocycles. The van der Waals surface area contributed by atoms with Crippen LogP contribution >= 0.6 is 0 Å². The second-order valence-corrected chi connectivity index (χ2v) is 15.6. The minimum Gasteiger partial charge on any atom is -0.463 e. The van der Waals surface area contributed by atoms with Crippen molar-refractivity contribution in [2.24, 2.45) is 11.3 Å². The Balaban J connectivity index is 1.66. The van der Waals surface area contributed by atoms with Crippen LogP contribution < -0.4 is 16.0 Å². The summed E-state index contributed by atoms with van der Waals surface area (Å²) in [6.45, 7) is 13.3. The second kappa shape index (κ2) is 15.8. The summed E-state index contributed by atoms with van der Waals surface area (Å²) in [4.78, 5) is 56.2. The molecular weight excluding hydrogens is 662 g/mol. The number of ether oxygens (including phenoxy) is 4. The molecule has 2 aliphatic rings. The predicted octanol–water partition coefficient (Wildman–Crippen LogP) is 4.10. The molecule has 16 nitrogen and oxygen atoms in total. The summed E-state index contributed by atoms with van der Waals surface area (Å²) >= 11 is 0. The molecule has 1 saturated heterocycles. The van der Waals surface area contributed by atoms with Gasteiger partial charge in [0.15, 0.2) is 11.9 Å². The lowest BCUT2D eigenvalue weighted by Gasteiger charge is -2.32. The first-order valence-corrected chi connectivity index (χ1v) is 17.4. The fraction of sp³-hybridized carbons (Fsp3) is 0.686. The van der Waals surface area contributed by atoms with Crippen LogP contribution in [0, 0.1) is 22.7 Å². The van der Waals surface area contributed by atoms with E-state index in [-0.39, 0.29) is 35.4 Å². The van der Waals surface area contributed by atoms with Gasteiger partial charge >= 0.3 is 24.1 Å². The molecule has 4 rings (SSSR count). The maximum Gasteiger partial charge on any atom is 0.408 e. The first-order valence-electron chi connectivity index (χ1n) is 17.4. The van der Waals surface area contributed by atoms with Crippen LogP contribution in [0.3, 0.4) is 0 Å². The summed E-state index contributed by atoms with van der Waals surface area (Å²) < 4.78 is 24.4. The predicted molar refractivity (Wildman–Crippen MR) is 183 cm³/mol. The highest BCUT2D eigenvalue weighted by atomic mass is 16.6. The van der Waals surface area contributed by atoms with Crippen molar-refractivity contribution in [1.82, 2.24) is 25.2 Å². The van der Waals surface area contributed by atoms with Crippen molar-refractivity contribution in [1.29, 1.82) is 5.26 Å². The van der Waals surface area contributed by atoms with Crippen molar-refractivity contribution in [3.63, 3.8) is 0 Å². The van der Waals surface area contributed by atoms with Gasteiger partial charge in [0, 0.05) is 12.5 Å². The van der Waals surface area contributed by atoms with Crippen LogP contribution in [0.1, 0.15) is 99.6 Å². The molecule has 1 saturated carbocycles. The number of nitrogens with one attached hydrogen (secondary N) is 3. The molecule has 3 amide bonds. The van der Waals surface area contributed by atoms with Crippen LogP contribution in [0.4, 0.5) is 15.4 Å². The second-order valence-electron chi connectivity index (χ2n) is 15.6. The summed E-state index contributed by atoms with van der Waals surface area (Å²) in [7, 11) is 0. The van der Waals surface area contributed by atoms with E-state index in [1.165, 1.54) is 16.6 Å². The number of carbonyl (C=O) groups excluding carboxylic acids is 4. The number of rotatable bonds is 10. The smallest absolute Gasteiger partial charge is 0.408 e. The van der Waals surface area contributed by atoms with Crippen LogP contribution in [0.5, 0.6) is 0 Å². The summed E-state index contributed by atoms with van der Waals surface area (Å²) in [5.41, 5.74) is -3.60. The van der Waals surface area contributed by atoms with Gasteiger partial charge in [-0.25, -0.2) is 23.9 Å². The quantitative estimate of drug-likeness (QED) is 0.202. The first-order chi connectivity index (χ1) is 23.8. The summed E-state index contributed by atoms with van der Waals surface area (Å²) in [5.74, 6) is -1.10. The van der Waals surface area contributed by atoms with E-state index in [1.807, 2.05) is 6.07 Å². The van der Waals surface area contributed by atoms with Crippen molar-refractivity contribution >= 4 is 35.4 Å². The molecule has 0 unspecified atom stereocenters. The lowest BCUT2D eigenvalue weighted by Crippen LogP contribution is -2.53. The third kappa shape index (κ3) is 9.65. The summed E-state index contributed by atoms with van der Waals surface area (Å²) in [5, 5.41) is 34.7. The number of fused-ring (bicyclic) bond motifs is 1. The monoisotopic (exact) mass is 713 g/mol. The number of amides is 3. The number of hydrogen-bond donors (Lipinski definition) is 4. The van der Waals surface area contributed by atoms with Gasteiger partial charge in [0.05, 0.1) is 5.69 Å². The number of alkyl carbamates (subject to hydrolysis) is 1. The Morgan fingerprint density at radius 2 is 1.78 bits per heavy atom. The number of carbonyl (C=O) groups is 4. The maximum absolute atomic E-state index is 13.8. The molecule has 5 atom stereocenters. The van der Waals surface area contributed by atoms with Gasteiger partial charge in [-0.1, -0.05) is 40.0 Å². The van der Waals surface area contributed by atoms with Crippen molar-refractivity contribution in [3.8, 4) is 6.07 Å². The lowest BCUT2D eigenvalue weighted by atomic mass is 9.86. The van der Waals surface area contributed by atoms with Gasteiger partial charge in [0.2, 0.25) is 5.60 Å². The number of aromatic nitrogens is 3. The zero-order valence-corrected chi connectivity index (χ0v) is 30.6. The van der Waals surface area contributed by atoms with Crippen LogP contribution in [0.2, 0.25) is 0 Å². The highest BCUT2D eigenvalue weighted by Crippen LogP contribution is 2.42. The van der Waals surface area contributed by atoms with Gasteiger partial charge in [-0.15, -0.1) is 0 Å². The van der Waals surface area contributed by atoms with E-state index in [2.05, 4.69) is 26.0 Å². The number of nitrogens with zero attached hydrogens (tertiary/aromatic N) is 4. The van der Waals surface area contributed by atoms with E-state index in [4.69, 9.17) is 18.9 Å². The molecule has 0 radical (unpaired) electrons. The Kier molecular flexibility index (Phi) is 12.2. The molecule has 0 spiro atoms. The molecule has 0 bridgehead atoms. The molecule has 2 aromatic rings. The Hall–Kier alpha value is -4.49. The van der Waals surface area contributed by atoms with Crippen LogP contribution in [0.25, 0.3) is 5.52 Å². The normalized spacial score (nSPS) is 23.3. The molecule has 280 valence electrons. The Bertz CT molecular complexity index is 1620. The van der Waals surface area contributed by atoms with Crippen LogP contribution in [-0.2, 0) is 34.1 Å². The number of esters is 2. The lowest BCUT2D eigenvalue weighted by molar-refractivity contribution is -0.164. The Morgan fingerprint density at radius 3 is 2.39 bits per heavy atom. The van der Waals surface area contributed by atoms with Gasteiger partial charge in [-0.3, -0.25) is 10.1 Å². The van der Waals surface area contributed by atoms with Gasteiger partial charge in [0.1, 0.15) is 48.4 Å². The zero-order valence-electron chi connectivity index (χ0n) is 30.6. The standard InChI is InChI=1S/C35H51N7O9/c1-20(2)39-31(46)41-29-22-14-15-24(42(22)38-19-37-29)35(18-36)28(44)26(23(50-35)17-48-25(43)16-21-12-10-9-11-13-21)49-30(45)27(33(3,4)5)40-32(47)51-34(6,7)8/h14-15,19-21,23,26-28,44H,9-13,16-17H2,1-8H3,(H,40,47)(H2,37,38,39,41,46)/t23-,26-,27-,28-,35+/m1/s1. The largest absolute Gasteiger partial charge is 0.463 e. The third-order valence-corrected chi connectivity index (χ3v) is 8.69. The van der Waals surface area contributed by atoms with E-state index in [0.717, 1.165) is 38.4 Å². The molecule has 2 fully saturated rings. The molecule has 51 heavy (non-hydrogen) atoms. The molecule has 1 aliphatic heterocycles. The molecule has 4 N–H and O–H groups in total. The number of nitriles is 1. The van der Waals surface area contributed by atoms with Gasteiger partial charge in [0.25, 0.3) is 0 Å². The molecular formula is C35H51N7O9. The molecule has 0 aromatic carbocycles. The number of urea groups is 1. The van der Waals surface area contributed by atoms with E-state index < -0.39 is 71.6 Å². The van der Waals surface area contributed by atoms with Crippen molar-refractivity contribution in [2.75, 3.05) is 11.9 Å². The van der Waals surface area contributed by atoms with E-state index in [1.54, 1.807) is 55.4 Å². The topological polar surface area (TPSA) is 215 Å². The average Bonchev–Trinajstić information content (AvgIpc) is 3.57. The van der Waals surface area contributed by atoms with Gasteiger partial charge < -0.3 is 34.7 Å². The highest BCUT2D eigenvalue weighted by molar-refractivity contribution is 5.92. The van der Waals surface area contributed by atoms with Crippen molar-refractivity contribution < 1.29 is 43.2 Å². The van der Waals surface area contributed by atoms with Crippen molar-refractivity contribution in [3.05, 3.63) is 24.2 Å². The number of aliphatic hydroxyl groups excluding tert-OH is 1. The minimum atomic E-state index is -2.19. The first kappa shape index (κ1) is 39.3. The van der Waals surface area contributed by atoms with Crippen molar-refractivity contribution in [2.45, 2.75) is 136 Å². The third-order valence-electron chi connectivity index (χ3n) is 8.69. The Labute approximate surface area is 297 Å². The minimum absolute atomic E-state index is 0.0403. The van der Waals surface area contributed by atoms with E-state index in [0.29, 0.717) is 0 Å². The average molecular weight is 714 g/mol. The molecule has 2 aromatic heterocycles. The fourth-order valence-electron chi connectivity index (χ4n) is 6.28. The van der Waals surface area contributed by atoms with E-state index >= 15 is 0 Å². The van der Waals surface area contributed by atoms with Crippen LogP contribution in [-0.4, -0.2) is 86.4 Å². The van der Waals surface area contributed by atoms with E-state index in [9.17, 15) is 29.5 Å². The van der Waals surface area contributed by atoms with Gasteiger partial charge in [-0.05, 0) is 70.9 Å². The number of aliphatic hydroxyl groups is 1. The fourth-order valence-corrected chi connectivity index (χ4v) is 6.28. The molecule has 3 heterocycles. The summed E-state index contributed by atoms with van der Waals surface area (Å²) in [6, 6.07) is 3.12.